The Morgan fingerprint density at radius 3 is 2.31 bits per heavy atom. The zero-order valence-electron chi connectivity index (χ0n) is 18.8. The van der Waals surface area contributed by atoms with Crippen molar-refractivity contribution in [2.24, 2.45) is 0 Å². The first-order chi connectivity index (χ1) is 15.8. The van der Waals surface area contributed by atoms with Crippen LogP contribution in [0, 0.1) is 0 Å². The molecule has 32 heavy (non-hydrogen) atoms. The fraction of sp³-hybridized carbons (Fsp3) is 0.522. The predicted molar refractivity (Wildman–Crippen MR) is 130 cm³/mol. The van der Waals surface area contributed by atoms with E-state index in [0.29, 0.717) is 0 Å². The van der Waals surface area contributed by atoms with Gasteiger partial charge in [0.15, 0.2) is 0 Å². The van der Waals surface area contributed by atoms with Crippen molar-refractivity contribution in [2.75, 3.05) is 68.7 Å². The Morgan fingerprint density at radius 2 is 1.56 bits per heavy atom. The van der Waals surface area contributed by atoms with E-state index >= 15 is 0 Å². The fourth-order valence-electron chi connectivity index (χ4n) is 4.55. The van der Waals surface area contributed by atoms with Gasteiger partial charge in [0, 0.05) is 77.0 Å². The standard InChI is InChI=1S/C23H32N8S/c1-2-9-27-11-17-30(18-12-27)22-25-26-23(32-22)31-10-5-6-20(31)19-28-13-15-29(16-14-28)21-7-3-4-8-24-21/h3-8,10H,2,9,11-19H2,1H3. The van der Waals surface area contributed by atoms with Crippen molar-refractivity contribution in [3.05, 3.63) is 48.4 Å². The SMILES string of the molecule is CCCN1CCN(c2nnc(-n3cccc3CN3CCN(c4ccccn4)CC3)s2)CC1. The Labute approximate surface area is 194 Å². The zero-order chi connectivity index (χ0) is 21.8. The van der Waals surface area contributed by atoms with Gasteiger partial charge in [-0.3, -0.25) is 14.4 Å². The summed E-state index contributed by atoms with van der Waals surface area (Å²) in [6.07, 6.45) is 5.20. The minimum Gasteiger partial charge on any atom is -0.354 e. The van der Waals surface area contributed by atoms with Crippen LogP contribution in [0.15, 0.2) is 42.7 Å². The quantitative estimate of drug-likeness (QED) is 0.546. The average Bonchev–Trinajstić information content (AvgIpc) is 3.51. The van der Waals surface area contributed by atoms with E-state index in [-0.39, 0.29) is 0 Å². The van der Waals surface area contributed by atoms with Gasteiger partial charge in [0.1, 0.15) is 5.82 Å². The second-order valence-electron chi connectivity index (χ2n) is 8.52. The molecule has 0 N–H and O–H groups in total. The predicted octanol–water partition coefficient (Wildman–Crippen LogP) is 2.58. The highest BCUT2D eigenvalue weighted by Gasteiger charge is 2.22. The molecule has 0 aromatic carbocycles. The summed E-state index contributed by atoms with van der Waals surface area (Å²) in [6, 6.07) is 10.4. The van der Waals surface area contributed by atoms with Crippen molar-refractivity contribution in [1.29, 1.82) is 0 Å². The van der Waals surface area contributed by atoms with Gasteiger partial charge in [-0.1, -0.05) is 24.3 Å². The minimum atomic E-state index is 0.924. The second kappa shape index (κ2) is 9.97. The van der Waals surface area contributed by atoms with Crippen molar-refractivity contribution in [3.63, 3.8) is 0 Å². The molecule has 2 aliphatic heterocycles. The maximum Gasteiger partial charge on any atom is 0.218 e. The van der Waals surface area contributed by atoms with E-state index < -0.39 is 0 Å². The van der Waals surface area contributed by atoms with E-state index in [1.54, 1.807) is 11.3 Å². The number of rotatable bonds is 7. The smallest absolute Gasteiger partial charge is 0.218 e. The van der Waals surface area contributed by atoms with Crippen molar-refractivity contribution < 1.29 is 0 Å². The molecule has 5 heterocycles. The third-order valence-electron chi connectivity index (χ3n) is 6.36. The Bertz CT molecular complexity index is 971. The molecule has 0 unspecified atom stereocenters. The highest BCUT2D eigenvalue weighted by molar-refractivity contribution is 7.17. The topological polar surface area (TPSA) is 56.6 Å². The van der Waals surface area contributed by atoms with Crippen molar-refractivity contribution in [3.8, 4) is 5.13 Å². The molecule has 3 aromatic heterocycles. The molecule has 3 aromatic rings. The van der Waals surface area contributed by atoms with Crippen LogP contribution in [-0.4, -0.2) is 88.5 Å². The Balaban J connectivity index is 1.19. The van der Waals surface area contributed by atoms with Gasteiger partial charge in [-0.15, -0.1) is 10.2 Å². The molecule has 0 radical (unpaired) electrons. The van der Waals surface area contributed by atoms with Crippen LogP contribution in [0.1, 0.15) is 19.0 Å². The van der Waals surface area contributed by atoms with Gasteiger partial charge in [0.05, 0.1) is 0 Å². The summed E-state index contributed by atoms with van der Waals surface area (Å²) >= 11 is 1.70. The Kier molecular flexibility index (Phi) is 6.66. The van der Waals surface area contributed by atoms with Crippen LogP contribution in [0.25, 0.3) is 5.13 Å². The lowest BCUT2D eigenvalue weighted by Crippen LogP contribution is -2.46. The van der Waals surface area contributed by atoms with Crippen LogP contribution < -0.4 is 9.80 Å². The number of pyridine rings is 1. The molecule has 0 saturated carbocycles. The fourth-order valence-corrected chi connectivity index (χ4v) is 5.46. The molecular weight excluding hydrogens is 420 g/mol. The largest absolute Gasteiger partial charge is 0.354 e. The molecule has 0 spiro atoms. The summed E-state index contributed by atoms with van der Waals surface area (Å²) in [5.74, 6) is 1.08. The molecular formula is C23H32N8S. The van der Waals surface area contributed by atoms with Gasteiger partial charge >= 0.3 is 0 Å². The summed E-state index contributed by atoms with van der Waals surface area (Å²) in [6.45, 7) is 12.7. The molecule has 9 heteroatoms. The van der Waals surface area contributed by atoms with Gasteiger partial charge in [-0.2, -0.15) is 0 Å². The molecule has 5 rings (SSSR count). The third-order valence-corrected chi connectivity index (χ3v) is 7.34. The summed E-state index contributed by atoms with van der Waals surface area (Å²) in [4.78, 5) is 14.3. The van der Waals surface area contributed by atoms with Crippen LogP contribution in [-0.2, 0) is 6.54 Å². The first-order valence-electron chi connectivity index (χ1n) is 11.7. The molecule has 0 bridgehead atoms. The van der Waals surface area contributed by atoms with E-state index in [2.05, 4.69) is 76.7 Å². The number of nitrogens with zero attached hydrogens (tertiary/aromatic N) is 8. The van der Waals surface area contributed by atoms with E-state index in [1.165, 1.54) is 18.7 Å². The van der Waals surface area contributed by atoms with Crippen LogP contribution in [0.3, 0.4) is 0 Å². The molecule has 2 saturated heterocycles. The van der Waals surface area contributed by atoms with Gasteiger partial charge in [0.2, 0.25) is 10.3 Å². The van der Waals surface area contributed by atoms with E-state index in [4.69, 9.17) is 0 Å². The monoisotopic (exact) mass is 452 g/mol. The maximum absolute atomic E-state index is 4.54. The van der Waals surface area contributed by atoms with Crippen molar-refractivity contribution in [1.82, 2.24) is 29.5 Å². The van der Waals surface area contributed by atoms with Gasteiger partial charge in [-0.25, -0.2) is 4.98 Å². The molecule has 170 valence electrons. The Morgan fingerprint density at radius 1 is 0.812 bits per heavy atom. The average molecular weight is 453 g/mol. The Hall–Kier alpha value is -2.49. The lowest BCUT2D eigenvalue weighted by atomic mass is 10.3. The lowest BCUT2D eigenvalue weighted by Gasteiger charge is -2.35. The number of aromatic nitrogens is 4. The number of hydrogen-bond acceptors (Lipinski definition) is 8. The first kappa shape index (κ1) is 21.4. The van der Waals surface area contributed by atoms with Gasteiger partial charge < -0.3 is 9.80 Å². The van der Waals surface area contributed by atoms with Crippen LogP contribution in [0.2, 0.25) is 0 Å². The van der Waals surface area contributed by atoms with Gasteiger partial charge in [0.25, 0.3) is 0 Å². The summed E-state index contributed by atoms with van der Waals surface area (Å²) in [7, 11) is 0. The summed E-state index contributed by atoms with van der Waals surface area (Å²) in [5.41, 5.74) is 1.27. The van der Waals surface area contributed by atoms with E-state index in [9.17, 15) is 0 Å². The molecule has 0 aliphatic carbocycles. The zero-order valence-corrected chi connectivity index (χ0v) is 19.6. The summed E-state index contributed by atoms with van der Waals surface area (Å²) < 4.78 is 2.21. The van der Waals surface area contributed by atoms with E-state index in [1.807, 2.05) is 12.3 Å². The molecule has 2 fully saturated rings. The molecule has 8 nitrogen and oxygen atoms in total. The van der Waals surface area contributed by atoms with E-state index in [0.717, 1.165) is 75.0 Å². The van der Waals surface area contributed by atoms with Crippen molar-refractivity contribution >= 4 is 22.3 Å². The number of anilines is 2. The lowest BCUT2D eigenvalue weighted by molar-refractivity contribution is 0.245. The second-order valence-corrected chi connectivity index (χ2v) is 9.45. The third kappa shape index (κ3) is 4.79. The molecule has 0 amide bonds. The number of piperazine rings is 2. The first-order valence-corrected chi connectivity index (χ1v) is 12.5. The van der Waals surface area contributed by atoms with Crippen LogP contribution in [0.5, 0.6) is 0 Å². The molecule has 2 aliphatic rings. The van der Waals surface area contributed by atoms with Gasteiger partial charge in [-0.05, 0) is 37.2 Å². The maximum atomic E-state index is 4.54. The highest BCUT2D eigenvalue weighted by atomic mass is 32.1. The molecule has 0 atom stereocenters. The van der Waals surface area contributed by atoms with Crippen molar-refractivity contribution in [2.45, 2.75) is 19.9 Å². The highest BCUT2D eigenvalue weighted by Crippen LogP contribution is 2.26. The number of hydrogen-bond donors (Lipinski definition) is 0. The van der Waals surface area contributed by atoms with Crippen LogP contribution in [0.4, 0.5) is 10.9 Å². The normalized spacial score (nSPS) is 18.4. The van der Waals surface area contributed by atoms with Crippen LogP contribution >= 0.6 is 11.3 Å². The summed E-state index contributed by atoms with van der Waals surface area (Å²) in [5, 5.41) is 11.1. The minimum absolute atomic E-state index is 0.924.